The number of hydrogen-bond acceptors (Lipinski definition) is 3. The molecule has 0 saturated heterocycles. The Morgan fingerprint density at radius 3 is 2.39 bits per heavy atom. The summed E-state index contributed by atoms with van der Waals surface area (Å²) < 4.78 is 5.09. The van der Waals surface area contributed by atoms with Crippen molar-refractivity contribution in [2.45, 2.75) is 0 Å². The van der Waals surface area contributed by atoms with Crippen LogP contribution in [0.2, 0.25) is 0 Å². The lowest BCUT2D eigenvalue weighted by molar-refractivity contribution is 0.415. The van der Waals surface area contributed by atoms with Crippen LogP contribution in [0.3, 0.4) is 0 Å². The fraction of sp³-hybridized carbons (Fsp3) is 0.0714. The molecule has 1 aromatic carbocycles. The predicted octanol–water partition coefficient (Wildman–Crippen LogP) is 3.26. The average Bonchev–Trinajstić information content (AvgIpc) is 2.37. The highest BCUT2D eigenvalue weighted by Crippen LogP contribution is 2.13. The molecule has 0 amide bonds. The maximum absolute atomic E-state index is 5.60. The second-order valence-corrected chi connectivity index (χ2v) is 3.59. The zero-order chi connectivity index (χ0) is 12.1. The normalized spacial score (nSPS) is 10.1. The molecule has 1 aromatic heterocycles. The van der Waals surface area contributed by atoms with Crippen LogP contribution < -0.4 is 10.5 Å². The summed E-state index contributed by atoms with van der Waals surface area (Å²) in [7, 11) is 1.65. The number of hydrogen-bond donors (Lipinski definition) is 1. The van der Waals surface area contributed by atoms with Crippen LogP contribution in [-0.2, 0) is 0 Å². The Hall–Kier alpha value is -2.00. The minimum absolute atomic E-state index is 0. The number of nitrogens with zero attached hydrogens (tertiary/aromatic N) is 1. The van der Waals surface area contributed by atoms with Crippen molar-refractivity contribution < 1.29 is 4.74 Å². The van der Waals surface area contributed by atoms with E-state index in [1.54, 1.807) is 13.2 Å². The molecule has 2 N–H and O–H groups in total. The van der Waals surface area contributed by atoms with Gasteiger partial charge in [0.15, 0.2) is 0 Å². The quantitative estimate of drug-likeness (QED) is 0.924. The van der Waals surface area contributed by atoms with E-state index >= 15 is 0 Å². The van der Waals surface area contributed by atoms with E-state index in [1.807, 2.05) is 48.6 Å². The average molecular weight is 263 g/mol. The van der Waals surface area contributed by atoms with E-state index in [0.717, 1.165) is 17.0 Å². The van der Waals surface area contributed by atoms with E-state index in [-0.39, 0.29) is 12.4 Å². The first-order valence-electron chi connectivity index (χ1n) is 5.32. The molecule has 0 spiro atoms. The van der Waals surface area contributed by atoms with Gasteiger partial charge in [-0.1, -0.05) is 24.3 Å². The number of nitrogen functional groups attached to an aromatic ring is 1. The Balaban J connectivity index is 0.00000162. The van der Waals surface area contributed by atoms with Crippen LogP contribution in [0.15, 0.2) is 42.5 Å². The third-order valence-electron chi connectivity index (χ3n) is 2.35. The zero-order valence-electron chi connectivity index (χ0n) is 10.0. The monoisotopic (exact) mass is 262 g/mol. The molecule has 4 heteroatoms. The van der Waals surface area contributed by atoms with E-state index < -0.39 is 0 Å². The van der Waals surface area contributed by atoms with Gasteiger partial charge in [0.25, 0.3) is 0 Å². The number of pyridine rings is 1. The van der Waals surface area contributed by atoms with Crippen molar-refractivity contribution in [3.8, 4) is 5.75 Å². The van der Waals surface area contributed by atoms with Gasteiger partial charge in [-0.25, -0.2) is 4.98 Å². The molecule has 2 rings (SSSR count). The van der Waals surface area contributed by atoms with Crippen LogP contribution in [0.4, 0.5) is 5.82 Å². The highest BCUT2D eigenvalue weighted by atomic mass is 35.5. The number of ether oxygens (including phenoxy) is 1. The summed E-state index contributed by atoms with van der Waals surface area (Å²) in [5.41, 5.74) is 7.54. The molecule has 0 bridgehead atoms. The Morgan fingerprint density at radius 2 is 1.78 bits per heavy atom. The number of methoxy groups -OCH3 is 1. The minimum atomic E-state index is 0. The van der Waals surface area contributed by atoms with Crippen LogP contribution in [0.25, 0.3) is 12.2 Å². The third-order valence-corrected chi connectivity index (χ3v) is 2.35. The van der Waals surface area contributed by atoms with Crippen molar-refractivity contribution in [3.05, 3.63) is 53.7 Å². The van der Waals surface area contributed by atoms with Crippen LogP contribution in [-0.4, -0.2) is 12.1 Å². The molecule has 1 heterocycles. The SMILES string of the molecule is COc1ccc(C=Cc2cccc(N)n2)cc1.Cl. The zero-order valence-corrected chi connectivity index (χ0v) is 10.9. The van der Waals surface area contributed by atoms with Crippen LogP contribution >= 0.6 is 12.4 Å². The smallest absolute Gasteiger partial charge is 0.124 e. The Morgan fingerprint density at radius 1 is 1.06 bits per heavy atom. The highest BCUT2D eigenvalue weighted by Gasteiger charge is 1.92. The van der Waals surface area contributed by atoms with Gasteiger partial charge in [0.05, 0.1) is 12.8 Å². The Labute approximate surface area is 113 Å². The van der Waals surface area contributed by atoms with E-state index in [1.165, 1.54) is 0 Å². The summed E-state index contributed by atoms with van der Waals surface area (Å²) in [6.45, 7) is 0. The second kappa shape index (κ2) is 6.67. The van der Waals surface area contributed by atoms with Gasteiger partial charge in [0.1, 0.15) is 11.6 Å². The molecule has 0 radical (unpaired) electrons. The largest absolute Gasteiger partial charge is 0.497 e. The molecule has 0 aliphatic carbocycles. The lowest BCUT2D eigenvalue weighted by Gasteiger charge is -1.99. The van der Waals surface area contributed by atoms with Crippen LogP contribution in [0.5, 0.6) is 5.75 Å². The van der Waals surface area contributed by atoms with E-state index in [0.29, 0.717) is 5.82 Å². The summed E-state index contributed by atoms with van der Waals surface area (Å²) in [6, 6.07) is 13.4. The summed E-state index contributed by atoms with van der Waals surface area (Å²) >= 11 is 0. The van der Waals surface area contributed by atoms with Crippen LogP contribution in [0, 0.1) is 0 Å². The van der Waals surface area contributed by atoms with Gasteiger partial charge in [-0.3, -0.25) is 0 Å². The van der Waals surface area contributed by atoms with Crippen molar-refractivity contribution >= 4 is 30.4 Å². The third kappa shape index (κ3) is 3.79. The molecule has 2 aromatic rings. The lowest BCUT2D eigenvalue weighted by Crippen LogP contribution is -1.90. The fourth-order valence-corrected chi connectivity index (χ4v) is 1.46. The molecule has 18 heavy (non-hydrogen) atoms. The Kier molecular flexibility index (Phi) is 5.21. The van der Waals surface area contributed by atoms with Gasteiger partial charge in [-0.15, -0.1) is 12.4 Å². The maximum Gasteiger partial charge on any atom is 0.124 e. The minimum Gasteiger partial charge on any atom is -0.497 e. The second-order valence-electron chi connectivity index (χ2n) is 3.59. The van der Waals surface area contributed by atoms with Gasteiger partial charge in [0.2, 0.25) is 0 Å². The van der Waals surface area contributed by atoms with Crippen molar-refractivity contribution in [2.75, 3.05) is 12.8 Å². The highest BCUT2D eigenvalue weighted by molar-refractivity contribution is 5.85. The Bertz CT molecular complexity index is 524. The molecular formula is C14H15ClN2O. The molecule has 0 saturated carbocycles. The van der Waals surface area contributed by atoms with Crippen molar-refractivity contribution in [1.29, 1.82) is 0 Å². The molecule has 94 valence electrons. The molecule has 0 unspecified atom stereocenters. The summed E-state index contributed by atoms with van der Waals surface area (Å²) in [5.74, 6) is 1.38. The summed E-state index contributed by atoms with van der Waals surface area (Å²) in [6.07, 6.45) is 3.92. The van der Waals surface area contributed by atoms with E-state index in [2.05, 4.69) is 4.98 Å². The molecule has 0 aliphatic rings. The number of anilines is 1. The van der Waals surface area contributed by atoms with Crippen LogP contribution in [0.1, 0.15) is 11.3 Å². The molecular weight excluding hydrogens is 248 g/mol. The number of aromatic nitrogens is 1. The maximum atomic E-state index is 5.60. The number of rotatable bonds is 3. The first-order chi connectivity index (χ1) is 8.28. The van der Waals surface area contributed by atoms with Gasteiger partial charge in [-0.2, -0.15) is 0 Å². The summed E-state index contributed by atoms with van der Waals surface area (Å²) in [5, 5.41) is 0. The number of nitrogens with two attached hydrogens (primary N) is 1. The first-order valence-corrected chi connectivity index (χ1v) is 5.32. The molecule has 0 aliphatic heterocycles. The van der Waals surface area contributed by atoms with Gasteiger partial charge in [-0.05, 0) is 35.9 Å². The van der Waals surface area contributed by atoms with E-state index in [4.69, 9.17) is 10.5 Å². The predicted molar refractivity (Wildman–Crippen MR) is 77.8 cm³/mol. The standard InChI is InChI=1S/C14H14N2O.ClH/c1-17-13-9-6-11(7-10-13)5-8-12-3-2-4-14(15)16-12;/h2-10H,1H3,(H2,15,16);1H. The first kappa shape index (κ1) is 14.1. The van der Waals surface area contributed by atoms with Gasteiger partial charge < -0.3 is 10.5 Å². The molecule has 3 nitrogen and oxygen atoms in total. The van der Waals surface area contributed by atoms with Crippen molar-refractivity contribution in [1.82, 2.24) is 4.98 Å². The number of halogens is 1. The summed E-state index contributed by atoms with van der Waals surface area (Å²) in [4.78, 5) is 4.19. The number of benzene rings is 1. The fourth-order valence-electron chi connectivity index (χ4n) is 1.46. The molecule has 0 fully saturated rings. The lowest BCUT2D eigenvalue weighted by atomic mass is 10.2. The van der Waals surface area contributed by atoms with Gasteiger partial charge in [0, 0.05) is 0 Å². The van der Waals surface area contributed by atoms with Crippen molar-refractivity contribution in [3.63, 3.8) is 0 Å². The van der Waals surface area contributed by atoms with E-state index in [9.17, 15) is 0 Å². The van der Waals surface area contributed by atoms with Gasteiger partial charge >= 0.3 is 0 Å². The van der Waals surface area contributed by atoms with Crippen molar-refractivity contribution in [2.24, 2.45) is 0 Å². The molecule has 0 atom stereocenters. The topological polar surface area (TPSA) is 48.1 Å².